The molecule has 1 heterocycles. The van der Waals surface area contributed by atoms with E-state index in [1.807, 2.05) is 4.90 Å². The van der Waals surface area contributed by atoms with Crippen LogP contribution >= 0.6 is 12.2 Å². The number of morpholine rings is 1. The van der Waals surface area contributed by atoms with Gasteiger partial charge in [0.1, 0.15) is 0 Å². The number of rotatable bonds is 3. The summed E-state index contributed by atoms with van der Waals surface area (Å²) in [5, 5.41) is 0. The summed E-state index contributed by atoms with van der Waals surface area (Å²) in [4.78, 5) is 14.9. The Morgan fingerprint density at radius 2 is 2.29 bits per heavy atom. The highest BCUT2D eigenvalue weighted by molar-refractivity contribution is 7.80. The molecule has 0 aromatic carbocycles. The van der Waals surface area contributed by atoms with E-state index in [2.05, 4.69) is 6.92 Å². The minimum absolute atomic E-state index is 0.131. The second-order valence-corrected chi connectivity index (χ2v) is 5.38. The van der Waals surface area contributed by atoms with Gasteiger partial charge in [0, 0.05) is 6.54 Å². The molecule has 1 unspecified atom stereocenters. The van der Waals surface area contributed by atoms with Crippen LogP contribution in [0.15, 0.2) is 0 Å². The molecule has 1 aliphatic heterocycles. The Morgan fingerprint density at radius 1 is 1.59 bits per heavy atom. The fourth-order valence-corrected chi connectivity index (χ4v) is 2.92. The third-order valence-electron chi connectivity index (χ3n) is 4.05. The lowest BCUT2D eigenvalue weighted by atomic mass is 9.67. The van der Waals surface area contributed by atoms with E-state index in [4.69, 9.17) is 22.7 Å². The zero-order chi connectivity index (χ0) is 12.5. The van der Waals surface area contributed by atoms with Crippen LogP contribution in [0.25, 0.3) is 0 Å². The Morgan fingerprint density at radius 3 is 2.76 bits per heavy atom. The number of nitrogens with zero attached hydrogens (tertiary/aromatic N) is 1. The average Bonchev–Trinajstić information content (AvgIpc) is 2.26. The second kappa shape index (κ2) is 4.90. The SMILES string of the molecule is CCC1COCCN1C(=O)C1(C(N)=S)CCC1. The third kappa shape index (κ3) is 2.06. The van der Waals surface area contributed by atoms with Gasteiger partial charge in [0.25, 0.3) is 0 Å². The number of hydrogen-bond acceptors (Lipinski definition) is 3. The van der Waals surface area contributed by atoms with Crippen LogP contribution in [0.1, 0.15) is 32.6 Å². The molecule has 0 aromatic heterocycles. The fraction of sp³-hybridized carbons (Fsp3) is 0.833. The molecule has 17 heavy (non-hydrogen) atoms. The minimum atomic E-state index is -0.542. The summed E-state index contributed by atoms with van der Waals surface area (Å²) in [6.07, 6.45) is 3.59. The van der Waals surface area contributed by atoms with Crippen molar-refractivity contribution >= 4 is 23.1 Å². The highest BCUT2D eigenvalue weighted by atomic mass is 32.1. The predicted octanol–water partition coefficient (Wildman–Crippen LogP) is 1.08. The lowest BCUT2D eigenvalue weighted by Crippen LogP contribution is -2.59. The molecule has 1 amide bonds. The minimum Gasteiger partial charge on any atom is -0.392 e. The number of carbonyl (C=O) groups excluding carboxylic acids is 1. The smallest absolute Gasteiger partial charge is 0.236 e. The molecule has 2 fully saturated rings. The summed E-state index contributed by atoms with van der Waals surface area (Å²) in [6.45, 7) is 4.00. The van der Waals surface area contributed by atoms with Crippen molar-refractivity contribution in [1.82, 2.24) is 4.90 Å². The highest BCUT2D eigenvalue weighted by Crippen LogP contribution is 2.43. The number of amides is 1. The first-order valence-corrected chi connectivity index (χ1v) is 6.71. The summed E-state index contributed by atoms with van der Waals surface area (Å²) in [6, 6.07) is 0.183. The van der Waals surface area contributed by atoms with E-state index in [0.717, 1.165) is 25.7 Å². The second-order valence-electron chi connectivity index (χ2n) is 4.94. The summed E-state index contributed by atoms with van der Waals surface area (Å²) in [5.41, 5.74) is 5.24. The zero-order valence-electron chi connectivity index (χ0n) is 10.3. The van der Waals surface area contributed by atoms with Gasteiger partial charge in [-0.3, -0.25) is 4.79 Å². The van der Waals surface area contributed by atoms with Gasteiger partial charge in [-0.1, -0.05) is 25.6 Å². The molecular weight excluding hydrogens is 236 g/mol. The van der Waals surface area contributed by atoms with Gasteiger partial charge in [0.05, 0.1) is 29.7 Å². The molecule has 0 aromatic rings. The molecule has 1 aliphatic carbocycles. The number of thiocarbonyl (C=S) groups is 1. The molecule has 4 nitrogen and oxygen atoms in total. The lowest BCUT2D eigenvalue weighted by Gasteiger charge is -2.46. The maximum absolute atomic E-state index is 12.6. The Kier molecular flexibility index (Phi) is 3.68. The van der Waals surface area contributed by atoms with Crippen molar-refractivity contribution in [1.29, 1.82) is 0 Å². The molecule has 1 atom stereocenters. The zero-order valence-corrected chi connectivity index (χ0v) is 11.1. The Hall–Kier alpha value is -0.680. The number of carbonyl (C=O) groups is 1. The number of ether oxygens (including phenoxy) is 1. The topological polar surface area (TPSA) is 55.6 Å². The van der Waals surface area contributed by atoms with E-state index in [9.17, 15) is 4.79 Å². The van der Waals surface area contributed by atoms with Crippen LogP contribution in [-0.4, -0.2) is 41.6 Å². The van der Waals surface area contributed by atoms with Crippen LogP contribution < -0.4 is 5.73 Å². The monoisotopic (exact) mass is 256 g/mol. The van der Waals surface area contributed by atoms with Crippen molar-refractivity contribution in [2.24, 2.45) is 11.1 Å². The van der Waals surface area contributed by atoms with E-state index in [0.29, 0.717) is 24.7 Å². The lowest BCUT2D eigenvalue weighted by molar-refractivity contribution is -0.150. The van der Waals surface area contributed by atoms with Crippen molar-refractivity contribution in [3.05, 3.63) is 0 Å². The first-order valence-electron chi connectivity index (χ1n) is 6.30. The van der Waals surface area contributed by atoms with Crippen LogP contribution in [0.4, 0.5) is 0 Å². The van der Waals surface area contributed by atoms with E-state index in [-0.39, 0.29) is 11.9 Å². The molecule has 2 N–H and O–H groups in total. The molecule has 5 heteroatoms. The van der Waals surface area contributed by atoms with Crippen molar-refractivity contribution in [3.8, 4) is 0 Å². The maximum atomic E-state index is 12.6. The first-order chi connectivity index (χ1) is 8.12. The highest BCUT2D eigenvalue weighted by Gasteiger charge is 2.50. The van der Waals surface area contributed by atoms with Gasteiger partial charge in [-0.25, -0.2) is 0 Å². The van der Waals surface area contributed by atoms with E-state index < -0.39 is 5.41 Å². The van der Waals surface area contributed by atoms with Gasteiger partial charge in [-0.15, -0.1) is 0 Å². The van der Waals surface area contributed by atoms with Gasteiger partial charge in [0.2, 0.25) is 5.91 Å². The first kappa shape index (κ1) is 12.8. The van der Waals surface area contributed by atoms with Crippen LogP contribution in [0.3, 0.4) is 0 Å². The van der Waals surface area contributed by atoms with Crippen LogP contribution in [0, 0.1) is 5.41 Å². The van der Waals surface area contributed by atoms with Gasteiger partial charge < -0.3 is 15.4 Å². The van der Waals surface area contributed by atoms with Crippen LogP contribution in [0.2, 0.25) is 0 Å². The quantitative estimate of drug-likeness (QED) is 0.768. The van der Waals surface area contributed by atoms with Crippen molar-refractivity contribution < 1.29 is 9.53 Å². The van der Waals surface area contributed by atoms with Crippen molar-refractivity contribution in [2.45, 2.75) is 38.6 Å². The molecule has 1 saturated carbocycles. The van der Waals surface area contributed by atoms with Gasteiger partial charge in [-0.05, 0) is 19.3 Å². The summed E-state index contributed by atoms with van der Waals surface area (Å²) >= 11 is 5.10. The average molecular weight is 256 g/mol. The molecule has 2 rings (SSSR count). The third-order valence-corrected chi connectivity index (χ3v) is 4.44. The van der Waals surface area contributed by atoms with Crippen LogP contribution in [-0.2, 0) is 9.53 Å². The molecule has 96 valence electrons. The summed E-state index contributed by atoms with van der Waals surface area (Å²) in [5.74, 6) is 0.131. The summed E-state index contributed by atoms with van der Waals surface area (Å²) < 4.78 is 5.42. The Bertz CT molecular complexity index is 328. The molecule has 0 spiro atoms. The van der Waals surface area contributed by atoms with Crippen molar-refractivity contribution in [2.75, 3.05) is 19.8 Å². The van der Waals surface area contributed by atoms with E-state index in [1.54, 1.807) is 0 Å². The van der Waals surface area contributed by atoms with Gasteiger partial charge in [-0.2, -0.15) is 0 Å². The van der Waals surface area contributed by atoms with E-state index >= 15 is 0 Å². The molecular formula is C12H20N2O2S. The fourth-order valence-electron chi connectivity index (χ4n) is 2.63. The largest absolute Gasteiger partial charge is 0.392 e. The molecule has 2 aliphatic rings. The normalized spacial score (nSPS) is 27.4. The Balaban J connectivity index is 2.15. The van der Waals surface area contributed by atoms with Gasteiger partial charge >= 0.3 is 0 Å². The summed E-state index contributed by atoms with van der Waals surface area (Å²) in [7, 11) is 0. The van der Waals surface area contributed by atoms with Crippen LogP contribution in [0.5, 0.6) is 0 Å². The number of hydrogen-bond donors (Lipinski definition) is 1. The standard InChI is InChI=1S/C12H20N2O2S/c1-2-9-8-16-7-6-14(9)11(15)12(10(13)17)4-3-5-12/h9H,2-8H2,1H3,(H2,13,17). The molecule has 1 saturated heterocycles. The van der Waals surface area contributed by atoms with Gasteiger partial charge in [0.15, 0.2) is 0 Å². The predicted molar refractivity (Wildman–Crippen MR) is 69.7 cm³/mol. The molecule has 0 bridgehead atoms. The Labute approximate surface area is 107 Å². The number of nitrogens with two attached hydrogens (primary N) is 1. The maximum Gasteiger partial charge on any atom is 0.236 e. The van der Waals surface area contributed by atoms with Crippen molar-refractivity contribution in [3.63, 3.8) is 0 Å². The van der Waals surface area contributed by atoms with E-state index in [1.165, 1.54) is 0 Å². The molecule has 0 radical (unpaired) electrons.